The SMILES string of the molecule is C[C@H](CO)N1C[C@H](C)[C@@H](CN(C)S(=O)(=O)c2cccs2)Oc2ccc(NC(=O)Nc3cccc4ccccc34)cc2C1=O. The fraction of sp³-hybridized carbons (Fsp3) is 0.290. The molecule has 43 heavy (non-hydrogen) atoms. The third-order valence-electron chi connectivity index (χ3n) is 7.56. The summed E-state index contributed by atoms with van der Waals surface area (Å²) in [7, 11) is -2.22. The predicted octanol–water partition coefficient (Wildman–Crippen LogP) is 5.09. The van der Waals surface area contributed by atoms with Gasteiger partial charge in [-0.05, 0) is 48.0 Å². The Kier molecular flexibility index (Phi) is 9.02. The molecule has 0 aliphatic carbocycles. The van der Waals surface area contributed by atoms with Gasteiger partial charge in [0.15, 0.2) is 0 Å². The maximum absolute atomic E-state index is 13.8. The lowest BCUT2D eigenvalue weighted by atomic mass is 9.99. The quantitative estimate of drug-likeness (QED) is 0.251. The van der Waals surface area contributed by atoms with Crippen molar-refractivity contribution in [3.05, 3.63) is 83.7 Å². The molecule has 0 spiro atoms. The van der Waals surface area contributed by atoms with Gasteiger partial charge in [0, 0.05) is 30.6 Å². The van der Waals surface area contributed by atoms with Crippen LogP contribution in [0.2, 0.25) is 0 Å². The summed E-state index contributed by atoms with van der Waals surface area (Å²) in [6, 6.07) is 20.4. The molecule has 226 valence electrons. The van der Waals surface area contributed by atoms with E-state index >= 15 is 0 Å². The van der Waals surface area contributed by atoms with Gasteiger partial charge in [0.25, 0.3) is 15.9 Å². The largest absolute Gasteiger partial charge is 0.488 e. The number of aliphatic hydroxyl groups is 1. The molecular weight excluding hydrogens is 588 g/mol. The van der Waals surface area contributed by atoms with Gasteiger partial charge in [0.2, 0.25) is 0 Å². The molecule has 0 fully saturated rings. The fourth-order valence-electron chi connectivity index (χ4n) is 5.05. The van der Waals surface area contributed by atoms with E-state index < -0.39 is 28.2 Å². The van der Waals surface area contributed by atoms with Crippen molar-refractivity contribution in [1.29, 1.82) is 0 Å². The van der Waals surface area contributed by atoms with Gasteiger partial charge < -0.3 is 25.4 Å². The first-order chi connectivity index (χ1) is 20.6. The number of amides is 3. The highest BCUT2D eigenvalue weighted by molar-refractivity contribution is 7.91. The van der Waals surface area contributed by atoms with Crippen LogP contribution in [-0.2, 0) is 10.0 Å². The lowest BCUT2D eigenvalue weighted by Gasteiger charge is -2.38. The molecule has 12 heteroatoms. The number of hydrogen-bond donors (Lipinski definition) is 3. The maximum Gasteiger partial charge on any atom is 0.323 e. The minimum Gasteiger partial charge on any atom is -0.488 e. The van der Waals surface area contributed by atoms with Gasteiger partial charge in [-0.3, -0.25) is 4.79 Å². The minimum atomic E-state index is -3.73. The van der Waals surface area contributed by atoms with Crippen molar-refractivity contribution in [3.8, 4) is 5.75 Å². The second-order valence-corrected chi connectivity index (χ2v) is 13.9. The highest BCUT2D eigenvalue weighted by Gasteiger charge is 2.35. The monoisotopic (exact) mass is 622 g/mol. The number of nitrogens with one attached hydrogen (secondary N) is 2. The van der Waals surface area contributed by atoms with E-state index in [1.807, 2.05) is 49.4 Å². The summed E-state index contributed by atoms with van der Waals surface area (Å²) in [5.41, 5.74) is 1.21. The van der Waals surface area contributed by atoms with Crippen molar-refractivity contribution in [1.82, 2.24) is 9.21 Å². The standard InChI is InChI=1S/C31H34N4O6S2/c1-20-17-35(21(2)19-36)30(37)25-16-23(32-31(38)33-26-11-6-9-22-8-4-5-10-24(22)26)13-14-27(25)41-28(20)18-34(3)43(39,40)29-12-7-15-42-29/h4-16,20-21,28,36H,17-19H2,1-3H3,(H2,32,33,38)/t20-,21+,28+/m0/s1. The first kappa shape index (κ1) is 30.5. The van der Waals surface area contributed by atoms with Crippen LogP contribution >= 0.6 is 11.3 Å². The van der Waals surface area contributed by atoms with Gasteiger partial charge in [-0.1, -0.05) is 49.4 Å². The van der Waals surface area contributed by atoms with E-state index in [0.29, 0.717) is 11.4 Å². The molecule has 0 radical (unpaired) electrons. The van der Waals surface area contributed by atoms with Crippen molar-refractivity contribution in [2.75, 3.05) is 37.4 Å². The summed E-state index contributed by atoms with van der Waals surface area (Å²) in [4.78, 5) is 28.3. The number of sulfonamides is 1. The van der Waals surface area contributed by atoms with Crippen LogP contribution in [0.5, 0.6) is 5.75 Å². The summed E-state index contributed by atoms with van der Waals surface area (Å²) in [5.74, 6) is -0.366. The molecule has 10 nitrogen and oxygen atoms in total. The summed E-state index contributed by atoms with van der Waals surface area (Å²) in [6.45, 7) is 3.66. The Morgan fingerprint density at radius 1 is 1.12 bits per heavy atom. The van der Waals surface area contributed by atoms with E-state index in [9.17, 15) is 23.1 Å². The second-order valence-electron chi connectivity index (χ2n) is 10.7. The molecular formula is C31H34N4O6S2. The number of ether oxygens (including phenoxy) is 1. The van der Waals surface area contributed by atoms with Crippen molar-refractivity contribution < 1.29 is 27.9 Å². The first-order valence-corrected chi connectivity index (χ1v) is 16.2. The number of carbonyl (C=O) groups is 2. The average molecular weight is 623 g/mol. The van der Waals surface area contributed by atoms with Crippen LogP contribution < -0.4 is 15.4 Å². The van der Waals surface area contributed by atoms with Gasteiger partial charge >= 0.3 is 6.03 Å². The smallest absolute Gasteiger partial charge is 0.323 e. The zero-order valence-corrected chi connectivity index (χ0v) is 25.7. The van der Waals surface area contributed by atoms with E-state index in [-0.39, 0.29) is 47.0 Å². The Labute approximate surface area is 254 Å². The third kappa shape index (κ3) is 6.52. The second kappa shape index (κ2) is 12.7. The van der Waals surface area contributed by atoms with E-state index in [1.165, 1.54) is 17.4 Å². The lowest BCUT2D eigenvalue weighted by Crippen LogP contribution is -2.50. The van der Waals surface area contributed by atoms with Gasteiger partial charge in [-0.15, -0.1) is 11.3 Å². The van der Waals surface area contributed by atoms with Gasteiger partial charge in [-0.25, -0.2) is 13.2 Å². The van der Waals surface area contributed by atoms with Crippen LogP contribution in [0.15, 0.2) is 82.4 Å². The summed E-state index contributed by atoms with van der Waals surface area (Å²) in [5, 5.41) is 19.2. The summed E-state index contributed by atoms with van der Waals surface area (Å²) in [6.07, 6.45) is -0.603. The molecule has 2 heterocycles. The molecule has 3 N–H and O–H groups in total. The van der Waals surface area contributed by atoms with Crippen LogP contribution in [0.3, 0.4) is 0 Å². The van der Waals surface area contributed by atoms with E-state index in [1.54, 1.807) is 41.5 Å². The van der Waals surface area contributed by atoms with Crippen molar-refractivity contribution >= 4 is 55.4 Å². The number of carbonyl (C=O) groups excluding carboxylic acids is 2. The number of hydrogen-bond acceptors (Lipinski definition) is 7. The van der Waals surface area contributed by atoms with E-state index in [4.69, 9.17) is 4.74 Å². The van der Waals surface area contributed by atoms with Gasteiger partial charge in [0.1, 0.15) is 16.1 Å². The fourth-order valence-corrected chi connectivity index (χ4v) is 7.44. The third-order valence-corrected chi connectivity index (χ3v) is 10.8. The Bertz CT molecular complexity index is 1720. The number of nitrogens with zero attached hydrogens (tertiary/aromatic N) is 2. The Morgan fingerprint density at radius 2 is 1.88 bits per heavy atom. The maximum atomic E-state index is 13.8. The number of thiophene rings is 1. The topological polar surface area (TPSA) is 128 Å². The van der Waals surface area contributed by atoms with Crippen molar-refractivity contribution in [3.63, 3.8) is 0 Å². The van der Waals surface area contributed by atoms with Gasteiger partial charge in [0.05, 0.1) is 30.4 Å². The molecule has 0 bridgehead atoms. The summed E-state index contributed by atoms with van der Waals surface area (Å²) >= 11 is 1.14. The Hall–Kier alpha value is -3.97. The molecule has 1 aliphatic heterocycles. The number of likely N-dealkylation sites (N-methyl/N-ethyl adjacent to an activating group) is 1. The van der Waals surface area contributed by atoms with Crippen molar-refractivity contribution in [2.45, 2.75) is 30.2 Å². The number of rotatable bonds is 8. The first-order valence-electron chi connectivity index (χ1n) is 13.9. The molecule has 5 rings (SSSR count). The molecule has 3 amide bonds. The van der Waals surface area contributed by atoms with Crippen LogP contribution in [0.4, 0.5) is 16.2 Å². The molecule has 3 aromatic carbocycles. The molecule has 4 aromatic rings. The highest BCUT2D eigenvalue weighted by Crippen LogP contribution is 2.32. The number of anilines is 2. The van der Waals surface area contributed by atoms with Crippen LogP contribution in [0, 0.1) is 5.92 Å². The van der Waals surface area contributed by atoms with Crippen molar-refractivity contribution in [2.24, 2.45) is 5.92 Å². The van der Waals surface area contributed by atoms with E-state index in [2.05, 4.69) is 10.6 Å². The predicted molar refractivity (Wildman–Crippen MR) is 168 cm³/mol. The van der Waals surface area contributed by atoms with Crippen LogP contribution in [0.1, 0.15) is 24.2 Å². The number of fused-ring (bicyclic) bond motifs is 2. The zero-order chi connectivity index (χ0) is 30.7. The molecule has 3 atom stereocenters. The average Bonchev–Trinajstić information content (AvgIpc) is 3.55. The lowest BCUT2D eigenvalue weighted by molar-refractivity contribution is 0.0387. The molecule has 0 saturated carbocycles. The molecule has 0 saturated heterocycles. The Balaban J connectivity index is 1.41. The molecule has 0 unspecified atom stereocenters. The number of benzene rings is 3. The number of urea groups is 1. The Morgan fingerprint density at radius 3 is 2.63 bits per heavy atom. The van der Waals surface area contributed by atoms with Crippen LogP contribution in [-0.4, -0.2) is 73.6 Å². The molecule has 1 aromatic heterocycles. The highest BCUT2D eigenvalue weighted by atomic mass is 32.2. The van der Waals surface area contributed by atoms with Gasteiger partial charge in [-0.2, -0.15) is 4.31 Å². The van der Waals surface area contributed by atoms with E-state index in [0.717, 1.165) is 22.1 Å². The zero-order valence-electron chi connectivity index (χ0n) is 24.1. The van der Waals surface area contributed by atoms with Crippen LogP contribution in [0.25, 0.3) is 10.8 Å². The minimum absolute atomic E-state index is 0.0455. The number of aliphatic hydroxyl groups excluding tert-OH is 1. The normalized spacial score (nSPS) is 18.0. The molecule has 1 aliphatic rings. The summed E-state index contributed by atoms with van der Waals surface area (Å²) < 4.78 is 34.1.